The van der Waals surface area contributed by atoms with Gasteiger partial charge in [-0.1, -0.05) is 17.4 Å². The molecule has 4 aromatic rings. The van der Waals surface area contributed by atoms with Gasteiger partial charge >= 0.3 is 6.03 Å². The largest absolute Gasteiger partial charge is 0.382 e. The van der Waals surface area contributed by atoms with Crippen LogP contribution in [0.4, 0.5) is 24.5 Å². The molecule has 0 aliphatic heterocycles. The molecule has 0 spiro atoms. The average molecular weight is 444 g/mol. The lowest BCUT2D eigenvalue weighted by molar-refractivity contribution is 0.251. The monoisotopic (exact) mass is 444 g/mol. The highest BCUT2D eigenvalue weighted by Crippen LogP contribution is 2.38. The molecule has 3 aromatic heterocycles. The van der Waals surface area contributed by atoms with Crippen molar-refractivity contribution in [3.63, 3.8) is 0 Å². The van der Waals surface area contributed by atoms with Crippen LogP contribution in [-0.2, 0) is 6.54 Å². The van der Waals surface area contributed by atoms with E-state index in [2.05, 4.69) is 25.6 Å². The molecule has 3 heterocycles. The number of nitrogen functional groups attached to an aromatic ring is 1. The second kappa shape index (κ2) is 8.51. The van der Waals surface area contributed by atoms with Crippen LogP contribution in [0.15, 0.2) is 48.0 Å². The van der Waals surface area contributed by atoms with Crippen molar-refractivity contribution in [1.29, 1.82) is 0 Å². The number of rotatable bonds is 5. The molecule has 11 heteroatoms. The van der Waals surface area contributed by atoms with E-state index in [-0.39, 0.29) is 17.9 Å². The fourth-order valence-corrected chi connectivity index (χ4v) is 4.35. The van der Waals surface area contributed by atoms with Crippen LogP contribution in [-0.4, -0.2) is 21.0 Å². The van der Waals surface area contributed by atoms with Gasteiger partial charge in [-0.25, -0.2) is 23.5 Å². The highest BCUT2D eigenvalue weighted by Gasteiger charge is 2.17. The van der Waals surface area contributed by atoms with Crippen molar-refractivity contribution in [3.8, 4) is 21.1 Å². The fourth-order valence-electron chi connectivity index (χ4n) is 2.55. The molecule has 0 radical (unpaired) electrons. The number of hydrogen-bond acceptors (Lipinski definition) is 7. The number of benzene rings is 1. The van der Waals surface area contributed by atoms with Gasteiger partial charge < -0.3 is 11.1 Å². The maximum absolute atomic E-state index is 14.0. The van der Waals surface area contributed by atoms with Crippen LogP contribution < -0.4 is 16.4 Å². The minimum Gasteiger partial charge on any atom is -0.382 e. The Balaban J connectivity index is 1.46. The van der Waals surface area contributed by atoms with Gasteiger partial charge in [0, 0.05) is 23.2 Å². The molecular weight excluding hydrogens is 430 g/mol. The first-order valence-electron chi connectivity index (χ1n) is 8.62. The molecular formula is C19H14F2N6OS2. The van der Waals surface area contributed by atoms with E-state index in [9.17, 15) is 13.6 Å². The maximum atomic E-state index is 14.0. The molecule has 0 saturated heterocycles. The molecule has 0 atom stereocenters. The predicted molar refractivity (Wildman–Crippen MR) is 113 cm³/mol. The number of amides is 2. The Kier molecular flexibility index (Phi) is 5.63. The molecule has 152 valence electrons. The van der Waals surface area contributed by atoms with Gasteiger partial charge in [-0.05, 0) is 24.3 Å². The second-order valence-corrected chi connectivity index (χ2v) is 7.88. The van der Waals surface area contributed by atoms with E-state index in [0.717, 1.165) is 23.1 Å². The van der Waals surface area contributed by atoms with Crippen LogP contribution in [0.3, 0.4) is 0 Å². The second-order valence-electron chi connectivity index (χ2n) is 6.02. The van der Waals surface area contributed by atoms with Crippen LogP contribution in [0, 0.1) is 11.6 Å². The summed E-state index contributed by atoms with van der Waals surface area (Å²) in [6, 6.07) is 8.27. The van der Waals surface area contributed by atoms with Crippen LogP contribution in [0.5, 0.6) is 0 Å². The summed E-state index contributed by atoms with van der Waals surface area (Å²) < 4.78 is 27.1. The number of halogens is 2. The van der Waals surface area contributed by atoms with Gasteiger partial charge in [0.15, 0.2) is 5.13 Å². The van der Waals surface area contributed by atoms with Crippen molar-refractivity contribution in [3.05, 3.63) is 65.3 Å². The Hall–Kier alpha value is -3.44. The highest BCUT2D eigenvalue weighted by atomic mass is 32.1. The van der Waals surface area contributed by atoms with E-state index < -0.39 is 17.7 Å². The van der Waals surface area contributed by atoms with E-state index in [4.69, 9.17) is 5.73 Å². The number of hydrogen-bond donors (Lipinski definition) is 3. The molecule has 4 N–H and O–H groups in total. The van der Waals surface area contributed by atoms with Crippen molar-refractivity contribution < 1.29 is 13.6 Å². The zero-order valence-corrected chi connectivity index (χ0v) is 16.9. The summed E-state index contributed by atoms with van der Waals surface area (Å²) in [5, 5.41) is 7.77. The van der Waals surface area contributed by atoms with Gasteiger partial charge in [-0.2, -0.15) is 0 Å². The Morgan fingerprint density at radius 1 is 1.17 bits per heavy atom. The number of aromatic nitrogens is 3. The molecule has 1 aromatic carbocycles. The number of nitrogens with two attached hydrogens (primary N) is 1. The lowest BCUT2D eigenvalue weighted by atomic mass is 10.1. The van der Waals surface area contributed by atoms with Gasteiger partial charge in [-0.15, -0.1) is 11.3 Å². The summed E-state index contributed by atoms with van der Waals surface area (Å²) in [6.45, 7) is 0.263. The lowest BCUT2D eigenvalue weighted by Gasteiger charge is -2.04. The number of carbonyl (C=O) groups is 1. The minimum atomic E-state index is -0.698. The number of nitrogens with zero attached hydrogens (tertiary/aromatic N) is 3. The van der Waals surface area contributed by atoms with E-state index in [1.54, 1.807) is 23.7 Å². The Morgan fingerprint density at radius 2 is 2.03 bits per heavy atom. The number of urea groups is 1. The Bertz CT molecular complexity index is 1190. The van der Waals surface area contributed by atoms with Crippen molar-refractivity contribution in [2.24, 2.45) is 0 Å². The van der Waals surface area contributed by atoms with E-state index in [1.807, 2.05) is 6.07 Å². The third-order valence-corrected chi connectivity index (χ3v) is 5.92. The molecule has 0 fully saturated rings. The first-order valence-corrected chi connectivity index (χ1v) is 10.3. The Morgan fingerprint density at radius 3 is 2.80 bits per heavy atom. The molecule has 0 saturated carbocycles. The highest BCUT2D eigenvalue weighted by molar-refractivity contribution is 7.23. The zero-order valence-electron chi connectivity index (χ0n) is 15.2. The van der Waals surface area contributed by atoms with Gasteiger partial charge in [0.05, 0.1) is 17.9 Å². The van der Waals surface area contributed by atoms with E-state index in [1.165, 1.54) is 23.5 Å². The summed E-state index contributed by atoms with van der Waals surface area (Å²) in [7, 11) is 0. The van der Waals surface area contributed by atoms with E-state index >= 15 is 0 Å². The van der Waals surface area contributed by atoms with Gasteiger partial charge in [0.2, 0.25) is 0 Å². The van der Waals surface area contributed by atoms with Gasteiger partial charge in [-0.3, -0.25) is 10.3 Å². The normalized spacial score (nSPS) is 10.7. The number of carbonyl (C=O) groups excluding carboxylic acids is 1. The Labute approximate surface area is 177 Å². The van der Waals surface area contributed by atoms with Gasteiger partial charge in [0.1, 0.15) is 27.3 Å². The molecule has 4 rings (SSSR count). The molecule has 7 nitrogen and oxygen atoms in total. The van der Waals surface area contributed by atoms with Crippen LogP contribution in [0.2, 0.25) is 0 Å². The van der Waals surface area contributed by atoms with Gasteiger partial charge in [0.25, 0.3) is 0 Å². The quantitative estimate of drug-likeness (QED) is 0.420. The predicted octanol–water partition coefficient (Wildman–Crippen LogP) is 4.51. The van der Waals surface area contributed by atoms with Crippen molar-refractivity contribution >= 4 is 39.7 Å². The smallest absolute Gasteiger partial charge is 0.321 e. The number of pyridine rings is 1. The van der Waals surface area contributed by atoms with Crippen LogP contribution in [0.1, 0.15) is 5.69 Å². The third kappa shape index (κ3) is 4.42. The summed E-state index contributed by atoms with van der Waals surface area (Å²) >= 11 is 2.39. The SMILES string of the molecule is Nc1nc(NC(=O)NCc2ccccn2)sc1-c1nc(-c2ccc(F)cc2F)cs1. The zero-order chi connectivity index (χ0) is 21.1. The lowest BCUT2D eigenvalue weighted by Crippen LogP contribution is -2.28. The van der Waals surface area contributed by atoms with Crippen LogP contribution in [0.25, 0.3) is 21.1 Å². The van der Waals surface area contributed by atoms with Crippen molar-refractivity contribution in [2.75, 3.05) is 11.1 Å². The van der Waals surface area contributed by atoms with E-state index in [0.29, 0.717) is 20.7 Å². The third-order valence-electron chi connectivity index (χ3n) is 3.94. The molecule has 0 bridgehead atoms. The summed E-state index contributed by atoms with van der Waals surface area (Å²) in [5.74, 6) is -1.16. The van der Waals surface area contributed by atoms with Crippen molar-refractivity contribution in [1.82, 2.24) is 20.3 Å². The number of thiazole rings is 2. The maximum Gasteiger partial charge on any atom is 0.321 e. The number of nitrogens with one attached hydrogen (secondary N) is 2. The van der Waals surface area contributed by atoms with Crippen molar-refractivity contribution in [2.45, 2.75) is 6.54 Å². The standard InChI is InChI=1S/C19H14F2N6OS2/c20-10-4-5-12(13(21)7-10)14-9-29-17(25-14)15-16(22)26-19(30-15)27-18(28)24-8-11-3-1-2-6-23-11/h1-7,9H,8,22H2,(H2,24,26,27,28). The summed E-state index contributed by atoms with van der Waals surface area (Å²) in [6.07, 6.45) is 1.64. The molecule has 30 heavy (non-hydrogen) atoms. The summed E-state index contributed by atoms with van der Waals surface area (Å²) in [4.78, 5) is 25.3. The fraction of sp³-hybridized carbons (Fsp3) is 0.0526. The van der Waals surface area contributed by atoms with Crippen LogP contribution >= 0.6 is 22.7 Å². The minimum absolute atomic E-state index is 0.189. The molecule has 0 aliphatic carbocycles. The average Bonchev–Trinajstić information content (AvgIpc) is 3.34. The first-order chi connectivity index (χ1) is 14.5. The summed E-state index contributed by atoms with van der Waals surface area (Å²) in [5.41, 5.74) is 7.24. The molecule has 0 aliphatic rings. The molecule has 0 unspecified atom stereocenters. The number of anilines is 2. The molecule has 2 amide bonds. The topological polar surface area (TPSA) is 106 Å². The first kappa shape index (κ1) is 19.9.